The molecule has 0 radical (unpaired) electrons. The zero-order valence-corrected chi connectivity index (χ0v) is 10.1. The number of nitrogens with two attached hydrogens (primary N) is 1. The minimum atomic E-state index is -0.714. The molecule has 6 heteroatoms. The van der Waals surface area contributed by atoms with Crippen molar-refractivity contribution in [2.45, 2.75) is 19.1 Å². The second-order valence-electron chi connectivity index (χ2n) is 3.78. The number of halogens is 1. The van der Waals surface area contributed by atoms with Gasteiger partial charge in [0.05, 0.1) is 11.7 Å². The predicted octanol–water partition coefficient (Wildman–Crippen LogP) is 0.484. The summed E-state index contributed by atoms with van der Waals surface area (Å²) in [5.74, 6) is -0.657. The third-order valence-corrected chi connectivity index (χ3v) is 2.56. The van der Waals surface area contributed by atoms with Gasteiger partial charge in [-0.25, -0.2) is 0 Å². The number of amides is 1. The summed E-state index contributed by atoms with van der Waals surface area (Å²) in [6.07, 6.45) is -0.714. The molecule has 0 bridgehead atoms. The monoisotopic (exact) mass is 258 g/mol. The average molecular weight is 259 g/mol. The molecule has 5 nitrogen and oxygen atoms in total. The molecule has 1 aromatic carbocycles. The quantitative estimate of drug-likeness (QED) is 0.632. The fraction of sp³-hybridized carbons (Fsp3) is 0.364. The predicted molar refractivity (Wildman–Crippen MR) is 65.1 cm³/mol. The van der Waals surface area contributed by atoms with E-state index >= 15 is 0 Å². The van der Waals surface area contributed by atoms with E-state index in [1.807, 2.05) is 0 Å². The van der Waals surface area contributed by atoms with Crippen LogP contribution in [0, 0.1) is 0 Å². The highest BCUT2D eigenvalue weighted by atomic mass is 35.5. The number of aliphatic hydroxyl groups is 1. The topological polar surface area (TPSA) is 95.6 Å². The highest BCUT2D eigenvalue weighted by Crippen LogP contribution is 2.21. The fourth-order valence-electron chi connectivity index (χ4n) is 1.17. The van der Waals surface area contributed by atoms with Gasteiger partial charge in [-0.05, 0) is 25.1 Å². The van der Waals surface area contributed by atoms with E-state index in [0.717, 1.165) is 0 Å². The Labute approximate surface area is 104 Å². The smallest absolute Gasteiger partial charge is 0.255 e. The summed E-state index contributed by atoms with van der Waals surface area (Å²) in [4.78, 5) is 11.7. The normalized spacial score (nSPS) is 14.1. The Morgan fingerprint density at radius 2 is 2.24 bits per heavy atom. The third-order valence-electron chi connectivity index (χ3n) is 2.32. The van der Waals surface area contributed by atoms with Crippen LogP contribution in [0.25, 0.3) is 0 Å². The summed E-state index contributed by atoms with van der Waals surface area (Å²) >= 11 is 5.65. The highest BCUT2D eigenvalue weighted by Gasteiger charge is 2.14. The number of benzene rings is 1. The van der Waals surface area contributed by atoms with Crippen LogP contribution in [0.5, 0.6) is 5.75 Å². The fourth-order valence-corrected chi connectivity index (χ4v) is 1.34. The first-order valence-corrected chi connectivity index (χ1v) is 5.50. The van der Waals surface area contributed by atoms with E-state index in [-0.39, 0.29) is 17.9 Å². The van der Waals surface area contributed by atoms with Crippen LogP contribution in [0.1, 0.15) is 17.3 Å². The molecule has 94 valence electrons. The molecule has 0 aliphatic heterocycles. The van der Waals surface area contributed by atoms with Crippen molar-refractivity contribution in [1.29, 1.82) is 0 Å². The molecule has 0 heterocycles. The van der Waals surface area contributed by atoms with Crippen LogP contribution < -0.4 is 11.1 Å². The van der Waals surface area contributed by atoms with Crippen LogP contribution in [-0.4, -0.2) is 34.8 Å². The lowest BCUT2D eigenvalue weighted by atomic mass is 10.1. The molecule has 0 aliphatic carbocycles. The molecule has 1 rings (SSSR count). The molecule has 0 spiro atoms. The van der Waals surface area contributed by atoms with Crippen molar-refractivity contribution in [3.63, 3.8) is 0 Å². The van der Waals surface area contributed by atoms with Gasteiger partial charge in [0, 0.05) is 17.6 Å². The van der Waals surface area contributed by atoms with Crippen LogP contribution in [0.15, 0.2) is 18.2 Å². The van der Waals surface area contributed by atoms with Gasteiger partial charge < -0.3 is 21.3 Å². The Morgan fingerprint density at radius 1 is 1.59 bits per heavy atom. The maximum Gasteiger partial charge on any atom is 0.255 e. The minimum absolute atomic E-state index is 0.118. The van der Waals surface area contributed by atoms with Gasteiger partial charge in [-0.2, -0.15) is 0 Å². The van der Waals surface area contributed by atoms with Crippen molar-refractivity contribution in [2.75, 3.05) is 6.54 Å². The second-order valence-corrected chi connectivity index (χ2v) is 4.21. The van der Waals surface area contributed by atoms with Gasteiger partial charge in [-0.3, -0.25) is 4.79 Å². The van der Waals surface area contributed by atoms with E-state index in [2.05, 4.69) is 5.32 Å². The average Bonchev–Trinajstić information content (AvgIpc) is 2.25. The van der Waals surface area contributed by atoms with E-state index < -0.39 is 18.1 Å². The van der Waals surface area contributed by atoms with Gasteiger partial charge >= 0.3 is 0 Å². The lowest BCUT2D eigenvalue weighted by molar-refractivity contribution is 0.0935. The molecule has 0 fully saturated rings. The maximum absolute atomic E-state index is 11.7. The zero-order chi connectivity index (χ0) is 13.0. The molecule has 5 N–H and O–H groups in total. The number of carbonyl (C=O) groups excluding carboxylic acids is 1. The summed E-state index contributed by atoms with van der Waals surface area (Å²) in [5.41, 5.74) is 5.67. The summed E-state index contributed by atoms with van der Waals surface area (Å²) < 4.78 is 0. The molecule has 2 unspecified atom stereocenters. The first-order valence-electron chi connectivity index (χ1n) is 5.12. The van der Waals surface area contributed by atoms with Crippen LogP contribution in [0.4, 0.5) is 0 Å². The standard InChI is InChI=1S/C11H15ClN2O3/c1-6(15)9(13)5-14-11(17)8-3-2-7(12)4-10(8)16/h2-4,6,9,15-16H,5,13H2,1H3,(H,14,17). The Kier molecular flexibility index (Phi) is 4.74. The van der Waals surface area contributed by atoms with Crippen molar-refractivity contribution < 1.29 is 15.0 Å². The molecule has 1 amide bonds. The van der Waals surface area contributed by atoms with Crippen molar-refractivity contribution in [3.8, 4) is 5.75 Å². The van der Waals surface area contributed by atoms with Crippen LogP contribution in [-0.2, 0) is 0 Å². The number of phenols is 1. The number of aliphatic hydroxyl groups excluding tert-OH is 1. The molecular weight excluding hydrogens is 244 g/mol. The minimum Gasteiger partial charge on any atom is -0.507 e. The Hall–Kier alpha value is -1.30. The molecule has 0 aromatic heterocycles. The lowest BCUT2D eigenvalue weighted by Gasteiger charge is -2.15. The van der Waals surface area contributed by atoms with E-state index in [4.69, 9.17) is 22.4 Å². The van der Waals surface area contributed by atoms with Gasteiger partial charge in [0.2, 0.25) is 0 Å². The number of hydrogen-bond acceptors (Lipinski definition) is 4. The van der Waals surface area contributed by atoms with E-state index in [1.54, 1.807) is 0 Å². The summed E-state index contributed by atoms with van der Waals surface area (Å²) in [6.45, 7) is 1.66. The van der Waals surface area contributed by atoms with E-state index in [9.17, 15) is 9.90 Å². The molecular formula is C11H15ClN2O3. The molecule has 0 saturated carbocycles. The lowest BCUT2D eigenvalue weighted by Crippen LogP contribution is -2.43. The molecule has 17 heavy (non-hydrogen) atoms. The number of carbonyl (C=O) groups is 1. The van der Waals surface area contributed by atoms with Crippen LogP contribution in [0.2, 0.25) is 5.02 Å². The molecule has 2 atom stereocenters. The highest BCUT2D eigenvalue weighted by molar-refractivity contribution is 6.30. The van der Waals surface area contributed by atoms with Gasteiger partial charge in [0.25, 0.3) is 5.91 Å². The van der Waals surface area contributed by atoms with Crippen molar-refractivity contribution in [2.24, 2.45) is 5.73 Å². The van der Waals surface area contributed by atoms with E-state index in [1.165, 1.54) is 25.1 Å². The molecule has 0 saturated heterocycles. The van der Waals surface area contributed by atoms with Crippen molar-refractivity contribution in [3.05, 3.63) is 28.8 Å². The van der Waals surface area contributed by atoms with Crippen LogP contribution >= 0.6 is 11.6 Å². The summed E-state index contributed by atoms with van der Waals surface area (Å²) in [7, 11) is 0. The summed E-state index contributed by atoms with van der Waals surface area (Å²) in [6, 6.07) is 3.66. The Morgan fingerprint density at radius 3 is 2.76 bits per heavy atom. The summed E-state index contributed by atoms with van der Waals surface area (Å²) in [5, 5.41) is 21.5. The van der Waals surface area contributed by atoms with Gasteiger partial charge in [-0.15, -0.1) is 0 Å². The molecule has 0 aliphatic rings. The largest absolute Gasteiger partial charge is 0.507 e. The maximum atomic E-state index is 11.7. The number of phenolic OH excluding ortho intramolecular Hbond substituents is 1. The number of nitrogens with one attached hydrogen (secondary N) is 1. The number of aromatic hydroxyl groups is 1. The third kappa shape index (κ3) is 3.89. The zero-order valence-electron chi connectivity index (χ0n) is 9.35. The Balaban J connectivity index is 2.64. The Bertz CT molecular complexity index is 410. The first kappa shape index (κ1) is 13.8. The van der Waals surface area contributed by atoms with E-state index in [0.29, 0.717) is 5.02 Å². The van der Waals surface area contributed by atoms with Gasteiger partial charge in [-0.1, -0.05) is 11.6 Å². The van der Waals surface area contributed by atoms with Gasteiger partial charge in [0.1, 0.15) is 5.75 Å². The number of hydrogen-bond donors (Lipinski definition) is 4. The van der Waals surface area contributed by atoms with Crippen molar-refractivity contribution in [1.82, 2.24) is 5.32 Å². The van der Waals surface area contributed by atoms with Crippen LogP contribution in [0.3, 0.4) is 0 Å². The number of rotatable bonds is 4. The molecule has 1 aromatic rings. The van der Waals surface area contributed by atoms with Crippen molar-refractivity contribution >= 4 is 17.5 Å². The van der Waals surface area contributed by atoms with Gasteiger partial charge in [0.15, 0.2) is 0 Å². The SMILES string of the molecule is CC(O)C(N)CNC(=O)c1ccc(Cl)cc1O. The second kappa shape index (κ2) is 5.86. The first-order chi connectivity index (χ1) is 7.91.